The minimum Gasteiger partial charge on any atom is -0.480 e. The third kappa shape index (κ3) is 6.82. The van der Waals surface area contributed by atoms with E-state index in [0.29, 0.717) is 25.3 Å². The van der Waals surface area contributed by atoms with Gasteiger partial charge >= 0.3 is 18.1 Å². The fraction of sp³-hybridized carbons (Fsp3) is 0.259. The molecule has 0 radical (unpaired) electrons. The highest BCUT2D eigenvalue weighted by atomic mass is 79.9. The van der Waals surface area contributed by atoms with Gasteiger partial charge in [-0.25, -0.2) is 14.6 Å². The van der Waals surface area contributed by atoms with Crippen molar-refractivity contribution < 1.29 is 37.0 Å². The fourth-order valence-electron chi connectivity index (χ4n) is 4.09. The molecule has 0 N–H and O–H groups in total. The zero-order valence-corrected chi connectivity index (χ0v) is 26.5. The topological polar surface area (TPSA) is 96.2 Å². The minimum absolute atomic E-state index is 0.0540. The van der Waals surface area contributed by atoms with Crippen LogP contribution in [-0.4, -0.2) is 42.5 Å². The first-order valence-corrected chi connectivity index (χ1v) is 15.0. The van der Waals surface area contributed by atoms with Crippen LogP contribution in [0.25, 0.3) is 6.08 Å². The Morgan fingerprint density at radius 1 is 1.10 bits per heavy atom. The second-order valence-electron chi connectivity index (χ2n) is 8.52. The molecular weight excluding hydrogens is 733 g/mol. The Balaban J connectivity index is 1.89. The van der Waals surface area contributed by atoms with Crippen LogP contribution in [0.15, 0.2) is 66.4 Å². The van der Waals surface area contributed by atoms with E-state index in [2.05, 4.69) is 36.9 Å². The van der Waals surface area contributed by atoms with Gasteiger partial charge in [0, 0.05) is 5.02 Å². The molecule has 1 aromatic heterocycles. The molecule has 0 saturated carbocycles. The number of hydrogen-bond acceptors (Lipinski definition) is 8. The van der Waals surface area contributed by atoms with Crippen LogP contribution < -0.4 is 19.6 Å². The third-order valence-electron chi connectivity index (χ3n) is 5.74. The van der Waals surface area contributed by atoms with Crippen LogP contribution in [0.3, 0.4) is 0 Å². The summed E-state index contributed by atoms with van der Waals surface area (Å²) in [6.07, 6.45) is -3.55. The molecule has 0 aliphatic carbocycles. The van der Waals surface area contributed by atoms with Crippen molar-refractivity contribution in [2.45, 2.75) is 26.1 Å². The first-order valence-electron chi connectivity index (χ1n) is 12.2. The number of fused-ring (bicyclic) bond motifs is 1. The highest BCUT2D eigenvalue weighted by Gasteiger charge is 2.45. The molecular formula is C27H20Br2ClF3N2O6S. The van der Waals surface area contributed by atoms with Crippen molar-refractivity contribution in [2.24, 2.45) is 4.99 Å². The molecule has 4 rings (SSSR count). The summed E-state index contributed by atoms with van der Waals surface area (Å²) in [5.41, 5.74) is -2.23. The van der Waals surface area contributed by atoms with Crippen molar-refractivity contribution >= 4 is 72.8 Å². The van der Waals surface area contributed by atoms with E-state index in [0.717, 1.165) is 15.9 Å². The first-order chi connectivity index (χ1) is 19.8. The summed E-state index contributed by atoms with van der Waals surface area (Å²) < 4.78 is 60.1. The second-order valence-corrected chi connectivity index (χ2v) is 11.7. The van der Waals surface area contributed by atoms with Crippen LogP contribution in [0.2, 0.25) is 5.02 Å². The van der Waals surface area contributed by atoms with E-state index in [-0.39, 0.29) is 34.7 Å². The highest BCUT2D eigenvalue weighted by Crippen LogP contribution is 2.39. The standard InChI is InChI=1S/C27H20Br2ClF3N2O6S/c1-3-39-19(36)12-41-22-16(28)9-13(10-17(22)29)11-18-24(37)35-21(14-5-7-15(30)8-6-14)20(25(38)40-4-2)23(27(31,32)33)34-26(35)42-18/h5-11,21H,3-4,12H2,1-2H3/b18-11-/t21-/m0/s1. The van der Waals surface area contributed by atoms with Crippen LogP contribution >= 0.6 is 54.8 Å². The molecule has 3 aromatic rings. The van der Waals surface area contributed by atoms with Crippen molar-refractivity contribution in [3.05, 3.63) is 92.5 Å². The van der Waals surface area contributed by atoms with Gasteiger partial charge in [-0.2, -0.15) is 13.2 Å². The van der Waals surface area contributed by atoms with Crippen molar-refractivity contribution in [1.29, 1.82) is 0 Å². The monoisotopic (exact) mass is 750 g/mol. The minimum atomic E-state index is -5.02. The van der Waals surface area contributed by atoms with E-state index in [1.807, 2.05) is 0 Å². The molecule has 222 valence electrons. The Labute approximate surface area is 262 Å². The van der Waals surface area contributed by atoms with Gasteiger partial charge in [0.15, 0.2) is 17.1 Å². The average molecular weight is 753 g/mol. The normalized spacial score (nSPS) is 15.2. The number of halogens is 6. The van der Waals surface area contributed by atoms with E-state index in [4.69, 9.17) is 25.8 Å². The Morgan fingerprint density at radius 3 is 2.29 bits per heavy atom. The summed E-state index contributed by atoms with van der Waals surface area (Å²) >= 11 is 13.5. The number of benzene rings is 2. The van der Waals surface area contributed by atoms with Crippen molar-refractivity contribution in [3.8, 4) is 5.75 Å². The summed E-state index contributed by atoms with van der Waals surface area (Å²) in [5, 5.41) is 0.315. The highest BCUT2D eigenvalue weighted by molar-refractivity contribution is 9.11. The number of esters is 2. The predicted molar refractivity (Wildman–Crippen MR) is 156 cm³/mol. The molecule has 0 spiro atoms. The molecule has 2 heterocycles. The summed E-state index contributed by atoms with van der Waals surface area (Å²) in [7, 11) is 0. The largest absolute Gasteiger partial charge is 0.480 e. The number of hydrogen-bond donors (Lipinski definition) is 0. The molecule has 2 aromatic carbocycles. The van der Waals surface area contributed by atoms with Crippen LogP contribution in [0.4, 0.5) is 13.2 Å². The number of carbonyl (C=O) groups excluding carboxylic acids is 2. The van der Waals surface area contributed by atoms with Gasteiger partial charge in [-0.1, -0.05) is 35.1 Å². The lowest BCUT2D eigenvalue weighted by Gasteiger charge is -2.26. The van der Waals surface area contributed by atoms with Gasteiger partial charge in [-0.15, -0.1) is 0 Å². The molecule has 15 heteroatoms. The molecule has 8 nitrogen and oxygen atoms in total. The van der Waals surface area contributed by atoms with Gasteiger partial charge < -0.3 is 14.2 Å². The van der Waals surface area contributed by atoms with Gasteiger partial charge in [0.25, 0.3) is 5.56 Å². The van der Waals surface area contributed by atoms with E-state index in [9.17, 15) is 27.6 Å². The number of rotatable bonds is 8. The lowest BCUT2D eigenvalue weighted by Crippen LogP contribution is -2.41. The number of thiazole rings is 1. The molecule has 42 heavy (non-hydrogen) atoms. The summed E-state index contributed by atoms with van der Waals surface area (Å²) in [5.74, 6) is -1.50. The lowest BCUT2D eigenvalue weighted by molar-refractivity contribution is -0.145. The molecule has 1 atom stereocenters. The van der Waals surface area contributed by atoms with E-state index in [1.54, 1.807) is 19.1 Å². The Morgan fingerprint density at radius 2 is 1.71 bits per heavy atom. The number of carbonyl (C=O) groups is 2. The van der Waals surface area contributed by atoms with E-state index >= 15 is 0 Å². The first kappa shape index (κ1) is 32.0. The van der Waals surface area contributed by atoms with E-state index < -0.39 is 41.0 Å². The van der Waals surface area contributed by atoms with Crippen LogP contribution in [0.5, 0.6) is 5.75 Å². The SMILES string of the molecule is CCOC(=O)COc1c(Br)cc(/C=c2\sc3n(c2=O)[C@@H](c2ccc(Cl)cc2)C(C(=O)OCC)=C(C(F)(F)F)N=3)cc1Br. The zero-order chi connectivity index (χ0) is 30.8. The van der Waals surface area contributed by atoms with Crippen molar-refractivity contribution in [3.63, 3.8) is 0 Å². The van der Waals surface area contributed by atoms with Crippen LogP contribution in [-0.2, 0) is 19.1 Å². The molecule has 1 aliphatic rings. The fourth-order valence-corrected chi connectivity index (χ4v) is 6.66. The molecule has 0 fully saturated rings. The number of aromatic nitrogens is 1. The predicted octanol–water partition coefficient (Wildman–Crippen LogP) is 5.46. The number of ether oxygens (including phenoxy) is 3. The number of nitrogens with zero attached hydrogens (tertiary/aromatic N) is 2. The number of allylic oxidation sites excluding steroid dienone is 1. The van der Waals surface area contributed by atoms with Crippen LogP contribution in [0, 0.1) is 0 Å². The number of alkyl halides is 3. The lowest BCUT2D eigenvalue weighted by atomic mass is 9.95. The molecule has 0 saturated heterocycles. The molecule has 0 bridgehead atoms. The van der Waals surface area contributed by atoms with Gasteiger partial charge in [0.05, 0.1) is 38.3 Å². The average Bonchev–Trinajstić information content (AvgIpc) is 3.22. The van der Waals surface area contributed by atoms with Gasteiger partial charge in [0.1, 0.15) is 5.75 Å². The maximum Gasteiger partial charge on any atom is 0.434 e. The maximum atomic E-state index is 14.3. The Bertz CT molecular complexity index is 1730. The van der Waals surface area contributed by atoms with Gasteiger partial charge in [-0.05, 0) is 87.2 Å². The van der Waals surface area contributed by atoms with Crippen molar-refractivity contribution in [1.82, 2.24) is 4.57 Å². The molecule has 0 unspecified atom stereocenters. The smallest absolute Gasteiger partial charge is 0.434 e. The second kappa shape index (κ2) is 13.1. The molecule has 1 aliphatic heterocycles. The van der Waals surface area contributed by atoms with Crippen molar-refractivity contribution in [2.75, 3.05) is 19.8 Å². The van der Waals surface area contributed by atoms with Crippen LogP contribution in [0.1, 0.15) is 31.0 Å². The summed E-state index contributed by atoms with van der Waals surface area (Å²) in [6, 6.07) is 7.50. The quantitative estimate of drug-likeness (QED) is 0.284. The zero-order valence-electron chi connectivity index (χ0n) is 21.8. The third-order valence-corrected chi connectivity index (χ3v) is 8.15. The van der Waals surface area contributed by atoms with Gasteiger partial charge in [0.2, 0.25) is 0 Å². The Hall–Kier alpha value is -2.94. The van der Waals surface area contributed by atoms with E-state index in [1.165, 1.54) is 37.3 Å². The molecule has 0 amide bonds. The summed E-state index contributed by atoms with van der Waals surface area (Å²) in [4.78, 5) is 41.8. The Kier molecular flexibility index (Phi) is 10.0. The van der Waals surface area contributed by atoms with Gasteiger partial charge in [-0.3, -0.25) is 9.36 Å². The maximum absolute atomic E-state index is 14.3. The summed E-state index contributed by atoms with van der Waals surface area (Å²) in [6.45, 7) is 2.81.